The van der Waals surface area contributed by atoms with Gasteiger partial charge in [-0.25, -0.2) is 0 Å². The Morgan fingerprint density at radius 3 is 2.64 bits per heavy atom. The third-order valence-electron chi connectivity index (χ3n) is 3.19. The summed E-state index contributed by atoms with van der Waals surface area (Å²) in [6.45, 7) is 1.25. The van der Waals surface area contributed by atoms with Crippen LogP contribution in [0.15, 0.2) is 35.7 Å². The van der Waals surface area contributed by atoms with Gasteiger partial charge in [0, 0.05) is 11.8 Å². The van der Waals surface area contributed by atoms with Gasteiger partial charge in [-0.1, -0.05) is 6.07 Å². The Hall–Kier alpha value is -2.05. The first-order valence-corrected chi connectivity index (χ1v) is 7.86. The molecule has 1 amide bonds. The van der Waals surface area contributed by atoms with Crippen LogP contribution in [0.2, 0.25) is 0 Å². The number of hydrogen-bond donors (Lipinski definition) is 2. The van der Waals surface area contributed by atoms with Crippen molar-refractivity contribution in [2.24, 2.45) is 0 Å². The highest BCUT2D eigenvalue weighted by atomic mass is 32.1. The fourth-order valence-electron chi connectivity index (χ4n) is 2.17. The molecule has 2 rings (SSSR count). The largest absolute Gasteiger partial charge is 0.493 e. The van der Waals surface area contributed by atoms with Gasteiger partial charge in [-0.15, -0.1) is 11.3 Å². The van der Waals surface area contributed by atoms with Crippen molar-refractivity contribution < 1.29 is 19.2 Å². The zero-order valence-corrected chi connectivity index (χ0v) is 13.8. The molecule has 0 aliphatic rings. The van der Waals surface area contributed by atoms with Crippen molar-refractivity contribution in [3.8, 4) is 11.5 Å². The molecule has 0 saturated heterocycles. The standard InChI is InChI=1S/C16H20N2O3S/c1-18(10-13-5-4-8-22-13)11-16(19)17-12-6-7-14(20-2)15(9-12)21-3/h4-9H,10-11H2,1-3H3,(H,17,19)/p+1. The molecule has 5 nitrogen and oxygen atoms in total. The van der Waals surface area contributed by atoms with Crippen LogP contribution in [0.3, 0.4) is 0 Å². The average Bonchev–Trinajstić information content (AvgIpc) is 2.99. The van der Waals surface area contributed by atoms with E-state index in [0.717, 1.165) is 11.4 Å². The van der Waals surface area contributed by atoms with Crippen molar-refractivity contribution >= 4 is 22.9 Å². The van der Waals surface area contributed by atoms with Crippen LogP contribution in [0.5, 0.6) is 11.5 Å². The normalized spacial score (nSPS) is 11.8. The van der Waals surface area contributed by atoms with Crippen LogP contribution in [0.1, 0.15) is 4.88 Å². The molecular formula is C16H21N2O3S+. The number of benzene rings is 1. The zero-order chi connectivity index (χ0) is 15.9. The number of carbonyl (C=O) groups excluding carboxylic acids is 1. The number of carbonyl (C=O) groups is 1. The van der Waals surface area contributed by atoms with Gasteiger partial charge >= 0.3 is 0 Å². The van der Waals surface area contributed by atoms with Crippen molar-refractivity contribution in [1.29, 1.82) is 0 Å². The summed E-state index contributed by atoms with van der Waals surface area (Å²) in [5, 5.41) is 4.93. The first kappa shape index (κ1) is 16.3. The summed E-state index contributed by atoms with van der Waals surface area (Å²) in [5.41, 5.74) is 0.701. The molecule has 0 aliphatic heterocycles. The first-order valence-electron chi connectivity index (χ1n) is 6.98. The Morgan fingerprint density at radius 1 is 1.23 bits per heavy atom. The van der Waals surface area contributed by atoms with Crippen molar-refractivity contribution in [2.75, 3.05) is 33.1 Å². The molecule has 118 valence electrons. The Labute approximate surface area is 134 Å². The summed E-state index contributed by atoms with van der Waals surface area (Å²) in [6.07, 6.45) is 0. The highest BCUT2D eigenvalue weighted by Gasteiger charge is 2.12. The Balaban J connectivity index is 1.91. The van der Waals surface area contributed by atoms with Crippen LogP contribution in [0.25, 0.3) is 0 Å². The van der Waals surface area contributed by atoms with Gasteiger partial charge in [-0.3, -0.25) is 4.79 Å². The van der Waals surface area contributed by atoms with Gasteiger partial charge in [0.25, 0.3) is 5.91 Å². The lowest BCUT2D eigenvalue weighted by atomic mass is 10.2. The van der Waals surface area contributed by atoms with Crippen LogP contribution in [0, 0.1) is 0 Å². The van der Waals surface area contributed by atoms with Crippen LogP contribution in [-0.4, -0.2) is 33.7 Å². The number of hydrogen-bond acceptors (Lipinski definition) is 4. The zero-order valence-electron chi connectivity index (χ0n) is 13.0. The van der Waals surface area contributed by atoms with Crippen LogP contribution in [-0.2, 0) is 11.3 Å². The molecule has 1 atom stereocenters. The van der Waals surface area contributed by atoms with Gasteiger partial charge in [0.2, 0.25) is 0 Å². The molecule has 1 heterocycles. The maximum Gasteiger partial charge on any atom is 0.279 e. The minimum atomic E-state index is -0.0266. The minimum Gasteiger partial charge on any atom is -0.493 e. The van der Waals surface area contributed by atoms with Gasteiger partial charge in [-0.05, 0) is 23.6 Å². The van der Waals surface area contributed by atoms with Crippen molar-refractivity contribution in [3.63, 3.8) is 0 Å². The van der Waals surface area contributed by atoms with E-state index in [1.807, 2.05) is 18.5 Å². The SMILES string of the molecule is COc1ccc(NC(=O)C[NH+](C)Cc2cccs2)cc1OC. The molecule has 0 saturated carbocycles. The van der Waals surface area contributed by atoms with E-state index >= 15 is 0 Å². The number of quaternary nitrogens is 1. The molecule has 0 bridgehead atoms. The lowest BCUT2D eigenvalue weighted by Crippen LogP contribution is -3.08. The number of rotatable bonds is 7. The second-order valence-corrected chi connectivity index (χ2v) is 6.04. The van der Waals surface area contributed by atoms with Crippen molar-refractivity contribution in [1.82, 2.24) is 0 Å². The summed E-state index contributed by atoms with van der Waals surface area (Å²) in [4.78, 5) is 14.5. The third-order valence-corrected chi connectivity index (χ3v) is 4.06. The first-order chi connectivity index (χ1) is 10.6. The molecule has 1 aromatic carbocycles. The van der Waals surface area contributed by atoms with E-state index < -0.39 is 0 Å². The predicted molar refractivity (Wildman–Crippen MR) is 88.0 cm³/mol. The van der Waals surface area contributed by atoms with Crippen LogP contribution >= 0.6 is 11.3 Å². The van der Waals surface area contributed by atoms with E-state index in [9.17, 15) is 4.79 Å². The van der Waals surface area contributed by atoms with Gasteiger partial charge in [0.15, 0.2) is 18.0 Å². The predicted octanol–water partition coefficient (Wildman–Crippen LogP) is 1.42. The summed E-state index contributed by atoms with van der Waals surface area (Å²) in [6, 6.07) is 9.44. The Kier molecular flexibility index (Phi) is 5.80. The number of ether oxygens (including phenoxy) is 2. The highest BCUT2D eigenvalue weighted by molar-refractivity contribution is 7.09. The Bertz CT molecular complexity index is 614. The molecule has 0 radical (unpaired) electrons. The lowest BCUT2D eigenvalue weighted by Gasteiger charge is -2.14. The van der Waals surface area contributed by atoms with Crippen molar-refractivity contribution in [2.45, 2.75) is 6.54 Å². The lowest BCUT2D eigenvalue weighted by molar-refractivity contribution is -0.884. The Morgan fingerprint density at radius 2 is 2.00 bits per heavy atom. The monoisotopic (exact) mass is 321 g/mol. The maximum atomic E-state index is 12.1. The summed E-state index contributed by atoms with van der Waals surface area (Å²) in [5.74, 6) is 1.21. The number of methoxy groups -OCH3 is 2. The van der Waals surface area contributed by atoms with Gasteiger partial charge in [-0.2, -0.15) is 0 Å². The summed E-state index contributed by atoms with van der Waals surface area (Å²) in [7, 11) is 5.16. The number of likely N-dealkylation sites (N-methyl/N-ethyl adjacent to an activating group) is 1. The quantitative estimate of drug-likeness (QED) is 0.811. The second-order valence-electron chi connectivity index (χ2n) is 5.01. The highest BCUT2D eigenvalue weighted by Crippen LogP contribution is 2.29. The van der Waals surface area contributed by atoms with Crippen molar-refractivity contribution in [3.05, 3.63) is 40.6 Å². The smallest absolute Gasteiger partial charge is 0.279 e. The fraction of sp³-hybridized carbons (Fsp3) is 0.312. The molecule has 1 aromatic heterocycles. The molecule has 0 aliphatic carbocycles. The molecule has 0 spiro atoms. The number of amides is 1. The fourth-order valence-corrected chi connectivity index (χ4v) is 2.99. The van der Waals surface area contributed by atoms with Crippen LogP contribution in [0.4, 0.5) is 5.69 Å². The summed E-state index contributed by atoms with van der Waals surface area (Å²) < 4.78 is 10.4. The number of nitrogens with one attached hydrogen (secondary N) is 2. The van der Waals surface area contributed by atoms with E-state index in [1.165, 1.54) is 4.88 Å². The molecule has 2 aromatic rings. The molecular weight excluding hydrogens is 300 g/mol. The molecule has 1 unspecified atom stereocenters. The topological polar surface area (TPSA) is 52.0 Å². The van der Waals surface area contributed by atoms with E-state index in [0.29, 0.717) is 23.7 Å². The maximum absolute atomic E-state index is 12.1. The average molecular weight is 321 g/mol. The van der Waals surface area contributed by atoms with Gasteiger partial charge < -0.3 is 19.7 Å². The minimum absolute atomic E-state index is 0.0266. The van der Waals surface area contributed by atoms with E-state index in [-0.39, 0.29) is 5.91 Å². The molecule has 6 heteroatoms. The summed E-state index contributed by atoms with van der Waals surface area (Å²) >= 11 is 1.71. The third kappa shape index (κ3) is 4.47. The molecule has 2 N–H and O–H groups in total. The van der Waals surface area contributed by atoms with E-state index in [4.69, 9.17) is 9.47 Å². The van der Waals surface area contributed by atoms with Crippen LogP contribution < -0.4 is 19.7 Å². The number of anilines is 1. The molecule has 22 heavy (non-hydrogen) atoms. The van der Waals surface area contributed by atoms with Gasteiger partial charge in [0.1, 0.15) is 6.54 Å². The number of thiophene rings is 1. The van der Waals surface area contributed by atoms with E-state index in [1.54, 1.807) is 43.8 Å². The van der Waals surface area contributed by atoms with Gasteiger partial charge in [0.05, 0.1) is 26.1 Å². The molecule has 0 fully saturated rings. The van der Waals surface area contributed by atoms with E-state index in [2.05, 4.69) is 11.4 Å². The second kappa shape index (κ2) is 7.82.